The van der Waals surface area contributed by atoms with Gasteiger partial charge in [0.25, 0.3) is 5.91 Å². The minimum atomic E-state index is 0.0279. The molecule has 1 aliphatic rings. The molecular formula is C17H21N3O. The van der Waals surface area contributed by atoms with Gasteiger partial charge >= 0.3 is 0 Å². The molecule has 1 saturated carbocycles. The Morgan fingerprint density at radius 3 is 2.81 bits per heavy atom. The van der Waals surface area contributed by atoms with Crippen LogP contribution in [-0.4, -0.2) is 22.4 Å². The lowest BCUT2D eigenvalue weighted by molar-refractivity contribution is 0.0774. The van der Waals surface area contributed by atoms with Crippen LogP contribution >= 0.6 is 0 Å². The molecule has 1 aromatic heterocycles. The third-order valence-electron chi connectivity index (χ3n) is 3.88. The fraction of sp³-hybridized carbons (Fsp3) is 0.353. The molecular weight excluding hydrogens is 262 g/mol. The monoisotopic (exact) mass is 283 g/mol. The number of hydrogen-bond donors (Lipinski definition) is 1. The van der Waals surface area contributed by atoms with Gasteiger partial charge in [0.1, 0.15) is 5.69 Å². The van der Waals surface area contributed by atoms with Crippen molar-refractivity contribution in [1.82, 2.24) is 9.47 Å². The highest BCUT2D eigenvalue weighted by molar-refractivity contribution is 5.93. The Morgan fingerprint density at radius 2 is 2.14 bits per heavy atom. The molecule has 1 aromatic carbocycles. The van der Waals surface area contributed by atoms with E-state index in [9.17, 15) is 4.79 Å². The maximum Gasteiger partial charge on any atom is 0.270 e. The van der Waals surface area contributed by atoms with Gasteiger partial charge in [0, 0.05) is 25.8 Å². The van der Waals surface area contributed by atoms with Crippen LogP contribution in [0.15, 0.2) is 36.5 Å². The molecule has 1 amide bonds. The van der Waals surface area contributed by atoms with Crippen LogP contribution in [0.5, 0.6) is 0 Å². The molecule has 0 unspecified atom stereocenters. The lowest BCUT2D eigenvalue weighted by Gasteiger charge is -2.18. The summed E-state index contributed by atoms with van der Waals surface area (Å²) in [6.07, 6.45) is 4.15. The minimum Gasteiger partial charge on any atom is -0.397 e. The normalized spacial score (nSPS) is 14.2. The standard InChI is InChI=1S/C17H21N3O/c1-12-4-3-5-13(8-12)10-19(2)17(21)16-9-14(18)11-20(16)15-6-7-15/h3-5,8-9,11,15H,6-7,10,18H2,1-2H3. The van der Waals surface area contributed by atoms with E-state index in [1.165, 1.54) is 5.56 Å². The summed E-state index contributed by atoms with van der Waals surface area (Å²) in [7, 11) is 1.84. The second kappa shape index (κ2) is 5.28. The van der Waals surface area contributed by atoms with Crippen LogP contribution < -0.4 is 5.73 Å². The highest BCUT2D eigenvalue weighted by Gasteiger charge is 2.28. The molecule has 4 nitrogen and oxygen atoms in total. The number of rotatable bonds is 4. The summed E-state index contributed by atoms with van der Waals surface area (Å²) in [5.41, 5.74) is 9.57. The van der Waals surface area contributed by atoms with E-state index in [0.29, 0.717) is 24.0 Å². The molecule has 21 heavy (non-hydrogen) atoms. The molecule has 2 N–H and O–H groups in total. The highest BCUT2D eigenvalue weighted by Crippen LogP contribution is 2.37. The zero-order valence-corrected chi connectivity index (χ0v) is 12.5. The maximum atomic E-state index is 12.6. The Hall–Kier alpha value is -2.23. The largest absolute Gasteiger partial charge is 0.397 e. The average molecular weight is 283 g/mol. The number of amides is 1. The fourth-order valence-corrected chi connectivity index (χ4v) is 2.68. The number of aryl methyl sites for hydroxylation is 1. The minimum absolute atomic E-state index is 0.0279. The van der Waals surface area contributed by atoms with Crippen LogP contribution in [0.25, 0.3) is 0 Å². The average Bonchev–Trinajstić information content (AvgIpc) is 3.21. The van der Waals surface area contributed by atoms with Gasteiger partial charge in [-0.15, -0.1) is 0 Å². The lowest BCUT2D eigenvalue weighted by atomic mass is 10.1. The van der Waals surface area contributed by atoms with E-state index in [-0.39, 0.29) is 5.91 Å². The molecule has 1 aliphatic carbocycles. The summed E-state index contributed by atoms with van der Waals surface area (Å²) in [6.45, 7) is 2.67. The van der Waals surface area contributed by atoms with Gasteiger partial charge in [-0.2, -0.15) is 0 Å². The molecule has 2 aromatic rings. The van der Waals surface area contributed by atoms with Crippen LogP contribution in [-0.2, 0) is 6.54 Å². The lowest BCUT2D eigenvalue weighted by Crippen LogP contribution is -2.28. The second-order valence-electron chi connectivity index (χ2n) is 5.95. The summed E-state index contributed by atoms with van der Waals surface area (Å²) in [6, 6.07) is 10.5. The molecule has 0 saturated heterocycles. The van der Waals surface area contributed by atoms with Crippen molar-refractivity contribution in [2.24, 2.45) is 0 Å². The Morgan fingerprint density at radius 1 is 1.38 bits per heavy atom. The van der Waals surface area contributed by atoms with E-state index in [1.807, 2.05) is 29.9 Å². The second-order valence-corrected chi connectivity index (χ2v) is 5.95. The van der Waals surface area contributed by atoms with E-state index in [0.717, 1.165) is 18.4 Å². The number of nitrogens with zero attached hydrogens (tertiary/aromatic N) is 2. The molecule has 0 aliphatic heterocycles. The number of nitrogens with two attached hydrogens (primary N) is 1. The van der Waals surface area contributed by atoms with Gasteiger partial charge in [-0.25, -0.2) is 0 Å². The number of benzene rings is 1. The van der Waals surface area contributed by atoms with Gasteiger partial charge in [0.15, 0.2) is 0 Å². The number of anilines is 1. The summed E-state index contributed by atoms with van der Waals surface area (Å²) in [4.78, 5) is 14.4. The summed E-state index contributed by atoms with van der Waals surface area (Å²) in [5.74, 6) is 0.0279. The zero-order chi connectivity index (χ0) is 15.0. The van der Waals surface area contributed by atoms with Crippen molar-refractivity contribution in [3.8, 4) is 0 Å². The Balaban J connectivity index is 1.78. The van der Waals surface area contributed by atoms with Gasteiger partial charge in [-0.3, -0.25) is 4.79 Å². The van der Waals surface area contributed by atoms with Gasteiger partial charge in [-0.1, -0.05) is 29.8 Å². The molecule has 0 radical (unpaired) electrons. The molecule has 1 fully saturated rings. The summed E-state index contributed by atoms with van der Waals surface area (Å²) >= 11 is 0. The van der Waals surface area contributed by atoms with Crippen molar-refractivity contribution in [3.05, 3.63) is 53.3 Å². The predicted molar refractivity (Wildman–Crippen MR) is 84.1 cm³/mol. The number of carbonyl (C=O) groups excluding carboxylic acids is 1. The Kier molecular flexibility index (Phi) is 3.45. The molecule has 3 rings (SSSR count). The van der Waals surface area contributed by atoms with Gasteiger partial charge < -0.3 is 15.2 Å². The van der Waals surface area contributed by atoms with Crippen molar-refractivity contribution in [3.63, 3.8) is 0 Å². The summed E-state index contributed by atoms with van der Waals surface area (Å²) < 4.78 is 2.03. The van der Waals surface area contributed by atoms with E-state index in [4.69, 9.17) is 5.73 Å². The van der Waals surface area contributed by atoms with Gasteiger partial charge in [0.2, 0.25) is 0 Å². The first-order valence-corrected chi connectivity index (χ1v) is 7.33. The SMILES string of the molecule is Cc1cccc(CN(C)C(=O)c2cc(N)cn2C2CC2)c1. The zero-order valence-electron chi connectivity index (χ0n) is 12.5. The number of hydrogen-bond acceptors (Lipinski definition) is 2. The Bertz CT molecular complexity index is 670. The van der Waals surface area contributed by atoms with E-state index >= 15 is 0 Å². The number of nitrogen functional groups attached to an aromatic ring is 1. The van der Waals surface area contributed by atoms with E-state index in [2.05, 4.69) is 19.1 Å². The van der Waals surface area contributed by atoms with Crippen LogP contribution in [0.1, 0.15) is 40.5 Å². The van der Waals surface area contributed by atoms with E-state index < -0.39 is 0 Å². The first-order chi connectivity index (χ1) is 10.0. The van der Waals surface area contributed by atoms with Gasteiger partial charge in [0.05, 0.1) is 5.69 Å². The predicted octanol–water partition coefficient (Wildman–Crippen LogP) is 2.99. The summed E-state index contributed by atoms with van der Waals surface area (Å²) in [5, 5.41) is 0. The van der Waals surface area contributed by atoms with Crippen LogP contribution in [0.3, 0.4) is 0 Å². The molecule has 110 valence electrons. The van der Waals surface area contributed by atoms with Crippen LogP contribution in [0, 0.1) is 6.92 Å². The van der Waals surface area contributed by atoms with E-state index in [1.54, 1.807) is 11.0 Å². The quantitative estimate of drug-likeness (QED) is 0.937. The highest BCUT2D eigenvalue weighted by atomic mass is 16.2. The number of aromatic nitrogens is 1. The smallest absolute Gasteiger partial charge is 0.270 e. The molecule has 0 atom stereocenters. The Labute approximate surface area is 125 Å². The molecule has 4 heteroatoms. The van der Waals surface area contributed by atoms with Crippen molar-refractivity contribution >= 4 is 11.6 Å². The fourth-order valence-electron chi connectivity index (χ4n) is 2.68. The third kappa shape index (κ3) is 2.94. The molecule has 0 bridgehead atoms. The van der Waals surface area contributed by atoms with Crippen molar-refractivity contribution < 1.29 is 4.79 Å². The first kappa shape index (κ1) is 13.7. The molecule has 0 spiro atoms. The topological polar surface area (TPSA) is 51.3 Å². The third-order valence-corrected chi connectivity index (χ3v) is 3.88. The van der Waals surface area contributed by atoms with Crippen molar-refractivity contribution in [2.45, 2.75) is 32.4 Å². The number of carbonyl (C=O) groups is 1. The van der Waals surface area contributed by atoms with Crippen LogP contribution in [0.2, 0.25) is 0 Å². The molecule has 1 heterocycles. The van der Waals surface area contributed by atoms with Gasteiger partial charge in [-0.05, 0) is 31.4 Å². The first-order valence-electron chi connectivity index (χ1n) is 7.33. The van der Waals surface area contributed by atoms with Crippen LogP contribution in [0.4, 0.5) is 5.69 Å². The van der Waals surface area contributed by atoms with Crippen molar-refractivity contribution in [1.29, 1.82) is 0 Å². The van der Waals surface area contributed by atoms with Crippen molar-refractivity contribution in [2.75, 3.05) is 12.8 Å². The maximum absolute atomic E-state index is 12.6.